The second-order valence-corrected chi connectivity index (χ2v) is 3.56. The van der Waals surface area contributed by atoms with Gasteiger partial charge in [0.15, 0.2) is 0 Å². The summed E-state index contributed by atoms with van der Waals surface area (Å²) < 4.78 is 0. The Morgan fingerprint density at radius 2 is 1.80 bits per heavy atom. The monoisotopic (exact) mass is 198 g/mol. The lowest BCUT2D eigenvalue weighted by atomic mass is 10.0. The summed E-state index contributed by atoms with van der Waals surface area (Å²) in [5.41, 5.74) is 9.96. The zero-order valence-electron chi connectivity index (χ0n) is 8.77. The van der Waals surface area contributed by atoms with Gasteiger partial charge in [0.2, 0.25) is 0 Å². The van der Waals surface area contributed by atoms with Gasteiger partial charge >= 0.3 is 0 Å². The van der Waals surface area contributed by atoms with Crippen LogP contribution in [-0.2, 0) is 6.42 Å². The van der Waals surface area contributed by atoms with Crippen molar-refractivity contribution in [3.8, 4) is 11.1 Å². The summed E-state index contributed by atoms with van der Waals surface area (Å²) in [6.07, 6.45) is 4.55. The number of nitrogens with two attached hydrogens (primary N) is 1. The molecule has 1 heterocycles. The van der Waals surface area contributed by atoms with Gasteiger partial charge in [-0.3, -0.25) is 4.98 Å². The maximum atomic E-state index is 5.69. The van der Waals surface area contributed by atoms with Crippen LogP contribution in [0.3, 0.4) is 0 Å². The molecule has 0 radical (unpaired) electrons. The molecule has 0 unspecified atom stereocenters. The Kier molecular flexibility index (Phi) is 2.68. The van der Waals surface area contributed by atoms with Gasteiger partial charge in [0.05, 0.1) is 5.69 Å². The number of benzene rings is 1. The highest BCUT2D eigenvalue weighted by atomic mass is 14.7. The number of nitrogen functional groups attached to an aromatic ring is 1. The molecule has 2 aromatic rings. The fraction of sp³-hybridized carbons (Fsp3) is 0.154. The Hall–Kier alpha value is -1.83. The quantitative estimate of drug-likeness (QED) is 0.805. The molecule has 0 fully saturated rings. The Morgan fingerprint density at radius 1 is 1.07 bits per heavy atom. The van der Waals surface area contributed by atoms with Crippen LogP contribution < -0.4 is 5.73 Å². The van der Waals surface area contributed by atoms with Gasteiger partial charge in [-0.15, -0.1) is 0 Å². The normalized spacial score (nSPS) is 10.2. The molecule has 1 aromatic carbocycles. The average Bonchev–Trinajstić information content (AvgIpc) is 2.29. The van der Waals surface area contributed by atoms with Gasteiger partial charge in [0.25, 0.3) is 0 Å². The van der Waals surface area contributed by atoms with E-state index in [1.54, 1.807) is 6.20 Å². The first-order valence-corrected chi connectivity index (χ1v) is 5.09. The van der Waals surface area contributed by atoms with Gasteiger partial charge in [-0.2, -0.15) is 0 Å². The molecule has 0 saturated carbocycles. The van der Waals surface area contributed by atoms with Crippen molar-refractivity contribution in [1.82, 2.24) is 4.98 Å². The van der Waals surface area contributed by atoms with Crippen molar-refractivity contribution in [3.63, 3.8) is 0 Å². The van der Waals surface area contributed by atoms with E-state index in [-0.39, 0.29) is 0 Å². The predicted molar refractivity (Wildman–Crippen MR) is 63.5 cm³/mol. The summed E-state index contributed by atoms with van der Waals surface area (Å²) in [4.78, 5) is 4.08. The first-order valence-electron chi connectivity index (χ1n) is 5.09. The van der Waals surface area contributed by atoms with Crippen LogP contribution in [0.25, 0.3) is 11.1 Å². The van der Waals surface area contributed by atoms with Crippen LogP contribution in [0.5, 0.6) is 0 Å². The zero-order chi connectivity index (χ0) is 10.7. The van der Waals surface area contributed by atoms with E-state index < -0.39 is 0 Å². The molecule has 2 nitrogen and oxygen atoms in total. The maximum absolute atomic E-state index is 5.69. The van der Waals surface area contributed by atoms with Crippen molar-refractivity contribution in [2.45, 2.75) is 13.3 Å². The zero-order valence-corrected chi connectivity index (χ0v) is 8.77. The molecule has 2 rings (SSSR count). The van der Waals surface area contributed by atoms with Crippen LogP contribution in [0.15, 0.2) is 42.7 Å². The number of pyridine rings is 1. The van der Waals surface area contributed by atoms with E-state index in [4.69, 9.17) is 5.73 Å². The van der Waals surface area contributed by atoms with Gasteiger partial charge < -0.3 is 5.73 Å². The van der Waals surface area contributed by atoms with E-state index in [1.165, 1.54) is 5.56 Å². The molecular formula is C13H14N2. The molecule has 0 spiro atoms. The van der Waals surface area contributed by atoms with Crippen molar-refractivity contribution in [2.75, 3.05) is 5.73 Å². The minimum absolute atomic E-state index is 0.701. The molecule has 0 amide bonds. The van der Waals surface area contributed by atoms with Crippen molar-refractivity contribution in [3.05, 3.63) is 48.3 Å². The molecule has 0 atom stereocenters. The number of rotatable bonds is 2. The number of hydrogen-bond acceptors (Lipinski definition) is 2. The van der Waals surface area contributed by atoms with Crippen LogP contribution in [0.4, 0.5) is 5.69 Å². The largest absolute Gasteiger partial charge is 0.397 e. The maximum Gasteiger partial charge on any atom is 0.0506 e. The van der Waals surface area contributed by atoms with Crippen LogP contribution in [0.2, 0.25) is 0 Å². The fourth-order valence-corrected chi connectivity index (χ4v) is 1.55. The van der Waals surface area contributed by atoms with Crippen LogP contribution in [-0.4, -0.2) is 4.98 Å². The fourth-order valence-electron chi connectivity index (χ4n) is 1.55. The number of anilines is 1. The summed E-state index contributed by atoms with van der Waals surface area (Å²) in [5, 5.41) is 0. The number of nitrogens with zero attached hydrogens (tertiary/aromatic N) is 1. The van der Waals surface area contributed by atoms with E-state index in [0.29, 0.717) is 5.69 Å². The standard InChI is InChI=1S/C13H14N2/c1-2-10-3-5-11(6-4-10)12-7-13(14)9-15-8-12/h3-9H,2,14H2,1H3. The third-order valence-corrected chi connectivity index (χ3v) is 2.45. The van der Waals surface area contributed by atoms with Crippen molar-refractivity contribution in [2.24, 2.45) is 0 Å². The van der Waals surface area contributed by atoms with E-state index >= 15 is 0 Å². The highest BCUT2D eigenvalue weighted by Gasteiger charge is 1.98. The lowest BCUT2D eigenvalue weighted by Gasteiger charge is -2.03. The van der Waals surface area contributed by atoms with Crippen LogP contribution >= 0.6 is 0 Å². The van der Waals surface area contributed by atoms with Gasteiger partial charge in [-0.1, -0.05) is 31.2 Å². The van der Waals surface area contributed by atoms with Gasteiger partial charge in [-0.05, 0) is 23.6 Å². The van der Waals surface area contributed by atoms with Crippen LogP contribution in [0.1, 0.15) is 12.5 Å². The van der Waals surface area contributed by atoms with Crippen molar-refractivity contribution in [1.29, 1.82) is 0 Å². The van der Waals surface area contributed by atoms with E-state index in [2.05, 4.69) is 36.2 Å². The summed E-state index contributed by atoms with van der Waals surface area (Å²) in [5.74, 6) is 0. The number of aryl methyl sites for hydroxylation is 1. The third-order valence-electron chi connectivity index (χ3n) is 2.45. The average molecular weight is 198 g/mol. The highest BCUT2D eigenvalue weighted by Crippen LogP contribution is 2.20. The molecule has 76 valence electrons. The summed E-state index contributed by atoms with van der Waals surface area (Å²) in [6.45, 7) is 2.15. The van der Waals surface area contributed by atoms with E-state index in [9.17, 15) is 0 Å². The Balaban J connectivity index is 2.37. The Morgan fingerprint density at radius 3 is 2.40 bits per heavy atom. The van der Waals surface area contributed by atoms with Gasteiger partial charge in [0.1, 0.15) is 0 Å². The predicted octanol–water partition coefficient (Wildman–Crippen LogP) is 2.89. The second kappa shape index (κ2) is 4.13. The first kappa shape index (κ1) is 9.71. The molecule has 0 aliphatic heterocycles. The van der Waals surface area contributed by atoms with Gasteiger partial charge in [0, 0.05) is 18.0 Å². The lowest BCUT2D eigenvalue weighted by Crippen LogP contribution is -1.88. The Labute approximate surface area is 89.8 Å². The minimum Gasteiger partial charge on any atom is -0.397 e. The SMILES string of the molecule is CCc1ccc(-c2cncc(N)c2)cc1. The summed E-state index contributed by atoms with van der Waals surface area (Å²) >= 11 is 0. The molecule has 0 aliphatic rings. The number of hydrogen-bond donors (Lipinski definition) is 1. The summed E-state index contributed by atoms with van der Waals surface area (Å²) in [7, 11) is 0. The molecule has 0 bridgehead atoms. The highest BCUT2D eigenvalue weighted by molar-refractivity contribution is 5.65. The topological polar surface area (TPSA) is 38.9 Å². The van der Waals surface area contributed by atoms with Crippen molar-refractivity contribution < 1.29 is 0 Å². The smallest absolute Gasteiger partial charge is 0.0506 e. The first-order chi connectivity index (χ1) is 7.29. The molecule has 1 aromatic heterocycles. The van der Waals surface area contributed by atoms with E-state index in [1.807, 2.05) is 12.3 Å². The second-order valence-electron chi connectivity index (χ2n) is 3.56. The molecule has 2 N–H and O–H groups in total. The molecular weight excluding hydrogens is 184 g/mol. The van der Waals surface area contributed by atoms with Gasteiger partial charge in [-0.25, -0.2) is 0 Å². The molecule has 0 aliphatic carbocycles. The minimum atomic E-state index is 0.701. The molecule has 2 heteroatoms. The third kappa shape index (κ3) is 2.15. The number of aromatic nitrogens is 1. The Bertz CT molecular complexity index is 446. The molecule has 0 saturated heterocycles. The van der Waals surface area contributed by atoms with Crippen LogP contribution in [0, 0.1) is 0 Å². The molecule has 15 heavy (non-hydrogen) atoms. The van der Waals surface area contributed by atoms with E-state index in [0.717, 1.165) is 17.5 Å². The summed E-state index contributed by atoms with van der Waals surface area (Å²) in [6, 6.07) is 10.4. The van der Waals surface area contributed by atoms with Crippen molar-refractivity contribution >= 4 is 5.69 Å². The lowest BCUT2D eigenvalue weighted by molar-refractivity contribution is 1.14.